The number of hydrogen-bond donors (Lipinski definition) is 0. The van der Waals surface area contributed by atoms with Crippen LogP contribution in [-0.2, 0) is 4.79 Å². The Morgan fingerprint density at radius 2 is 1.42 bits per heavy atom. The Kier molecular flexibility index (Phi) is 11.8. The van der Waals surface area contributed by atoms with Crippen LogP contribution in [0, 0.1) is 0 Å². The zero-order chi connectivity index (χ0) is 17.5. The van der Waals surface area contributed by atoms with Crippen molar-refractivity contribution in [3.63, 3.8) is 0 Å². The molecule has 0 aliphatic heterocycles. The molecular weight excluding hydrogens is 296 g/mol. The summed E-state index contributed by atoms with van der Waals surface area (Å²) in [5.41, 5.74) is 1.02. The molecule has 0 saturated heterocycles. The molecule has 0 heterocycles. The van der Waals surface area contributed by atoms with Crippen LogP contribution in [0.15, 0.2) is 30.3 Å². The van der Waals surface area contributed by atoms with Gasteiger partial charge in [0.15, 0.2) is 5.78 Å². The van der Waals surface area contributed by atoms with Crippen molar-refractivity contribution in [2.24, 2.45) is 0 Å². The average Bonchev–Trinajstić information content (AvgIpc) is 2.59. The molecule has 0 unspecified atom stereocenters. The lowest BCUT2D eigenvalue weighted by Gasteiger charge is -2.06. The Bertz CT molecular complexity index is 459. The van der Waals surface area contributed by atoms with Crippen molar-refractivity contribution in [2.45, 2.75) is 78.1 Å². The van der Waals surface area contributed by atoms with Crippen LogP contribution in [0.1, 0.15) is 83.6 Å². The highest BCUT2D eigenvalue weighted by Crippen LogP contribution is 2.15. The number of carbonyl (C=O) groups is 1. The molecule has 0 aromatic heterocycles. The lowest BCUT2D eigenvalue weighted by Crippen LogP contribution is -1.97. The maximum absolute atomic E-state index is 10.9. The molecule has 1 aromatic rings. The first-order chi connectivity index (χ1) is 11.7. The van der Waals surface area contributed by atoms with Crippen molar-refractivity contribution in [1.29, 1.82) is 0 Å². The molecule has 0 radical (unpaired) electrons. The van der Waals surface area contributed by atoms with Crippen LogP contribution in [0.25, 0.3) is 6.08 Å². The average molecular weight is 331 g/mol. The number of rotatable bonds is 14. The fourth-order valence-electron chi connectivity index (χ4n) is 2.67. The number of ether oxygens (including phenoxy) is 1. The van der Waals surface area contributed by atoms with Crippen LogP contribution in [0.4, 0.5) is 0 Å². The first kappa shape index (κ1) is 20.5. The lowest BCUT2D eigenvalue weighted by molar-refractivity contribution is -0.112. The zero-order valence-corrected chi connectivity index (χ0v) is 15.6. The molecule has 0 atom stereocenters. The Morgan fingerprint density at radius 1 is 0.875 bits per heavy atom. The van der Waals surface area contributed by atoms with E-state index in [0.29, 0.717) is 0 Å². The van der Waals surface area contributed by atoms with Crippen LogP contribution in [0.3, 0.4) is 0 Å². The molecule has 0 amide bonds. The highest BCUT2D eigenvalue weighted by molar-refractivity contribution is 5.91. The zero-order valence-electron chi connectivity index (χ0n) is 15.6. The minimum atomic E-state index is 0.0660. The molecule has 134 valence electrons. The molecule has 0 fully saturated rings. The SMILES string of the molecule is CCCCCCCCCCCCOc1ccc(/C=C/C(C)=O)cc1. The minimum Gasteiger partial charge on any atom is -0.494 e. The van der Waals surface area contributed by atoms with Crippen LogP contribution in [-0.4, -0.2) is 12.4 Å². The van der Waals surface area contributed by atoms with Gasteiger partial charge >= 0.3 is 0 Å². The van der Waals surface area contributed by atoms with Gasteiger partial charge in [-0.25, -0.2) is 0 Å². The number of unbranched alkanes of at least 4 members (excludes halogenated alkanes) is 9. The molecule has 0 aliphatic rings. The van der Waals surface area contributed by atoms with E-state index in [1.54, 1.807) is 13.0 Å². The molecule has 24 heavy (non-hydrogen) atoms. The Labute approximate surface area is 148 Å². The van der Waals surface area contributed by atoms with E-state index in [0.717, 1.165) is 24.3 Å². The maximum Gasteiger partial charge on any atom is 0.152 e. The van der Waals surface area contributed by atoms with Gasteiger partial charge in [0.2, 0.25) is 0 Å². The summed E-state index contributed by atoms with van der Waals surface area (Å²) in [4.78, 5) is 10.9. The summed E-state index contributed by atoms with van der Waals surface area (Å²) in [6.45, 7) is 4.61. The van der Waals surface area contributed by atoms with Gasteiger partial charge < -0.3 is 4.74 Å². The topological polar surface area (TPSA) is 26.3 Å². The van der Waals surface area contributed by atoms with Crippen LogP contribution < -0.4 is 4.74 Å². The summed E-state index contributed by atoms with van der Waals surface area (Å²) in [5.74, 6) is 0.974. The smallest absolute Gasteiger partial charge is 0.152 e. The maximum atomic E-state index is 10.9. The Balaban J connectivity index is 2.00. The summed E-state index contributed by atoms with van der Waals surface area (Å²) in [7, 11) is 0. The normalized spacial score (nSPS) is 11.1. The lowest BCUT2D eigenvalue weighted by atomic mass is 10.1. The number of ketones is 1. The van der Waals surface area contributed by atoms with E-state index in [1.165, 1.54) is 57.8 Å². The van der Waals surface area contributed by atoms with Gasteiger partial charge in [-0.05, 0) is 37.1 Å². The molecular formula is C22H34O2. The van der Waals surface area contributed by atoms with Crippen molar-refractivity contribution in [1.82, 2.24) is 0 Å². The second-order valence-electron chi connectivity index (χ2n) is 6.54. The highest BCUT2D eigenvalue weighted by Gasteiger charge is 1.96. The van der Waals surface area contributed by atoms with Gasteiger partial charge in [0.25, 0.3) is 0 Å². The van der Waals surface area contributed by atoms with E-state index >= 15 is 0 Å². The predicted octanol–water partition coefficient (Wildman–Crippen LogP) is 6.59. The summed E-state index contributed by atoms with van der Waals surface area (Å²) in [5, 5.41) is 0. The Morgan fingerprint density at radius 3 is 1.96 bits per heavy atom. The van der Waals surface area contributed by atoms with Crippen LogP contribution in [0.5, 0.6) is 5.75 Å². The van der Waals surface area contributed by atoms with Crippen LogP contribution >= 0.6 is 0 Å². The van der Waals surface area contributed by atoms with Gasteiger partial charge in [-0.15, -0.1) is 0 Å². The number of allylic oxidation sites excluding steroid dienone is 1. The quantitative estimate of drug-likeness (QED) is 0.284. The molecule has 1 rings (SSSR count). The second-order valence-corrected chi connectivity index (χ2v) is 6.54. The van der Waals surface area contributed by atoms with E-state index in [2.05, 4.69) is 6.92 Å². The molecule has 0 saturated carbocycles. The third-order valence-electron chi connectivity index (χ3n) is 4.16. The number of hydrogen-bond acceptors (Lipinski definition) is 2. The number of benzene rings is 1. The van der Waals surface area contributed by atoms with Gasteiger partial charge in [-0.1, -0.05) is 82.9 Å². The highest BCUT2D eigenvalue weighted by atomic mass is 16.5. The van der Waals surface area contributed by atoms with Crippen molar-refractivity contribution >= 4 is 11.9 Å². The van der Waals surface area contributed by atoms with E-state index in [-0.39, 0.29) is 5.78 Å². The third-order valence-corrected chi connectivity index (χ3v) is 4.16. The van der Waals surface area contributed by atoms with Gasteiger partial charge in [-0.3, -0.25) is 4.79 Å². The molecule has 0 N–H and O–H groups in total. The van der Waals surface area contributed by atoms with Gasteiger partial charge in [0.1, 0.15) is 5.75 Å². The fourth-order valence-corrected chi connectivity index (χ4v) is 2.67. The first-order valence-corrected chi connectivity index (χ1v) is 9.64. The van der Waals surface area contributed by atoms with Crippen molar-refractivity contribution < 1.29 is 9.53 Å². The predicted molar refractivity (Wildman–Crippen MR) is 103 cm³/mol. The standard InChI is InChI=1S/C22H34O2/c1-3-4-5-6-7-8-9-10-11-12-19-24-22-17-15-21(16-18-22)14-13-20(2)23/h13-18H,3-12,19H2,1-2H3/b14-13+. The van der Waals surface area contributed by atoms with E-state index in [1.807, 2.05) is 30.3 Å². The van der Waals surface area contributed by atoms with E-state index < -0.39 is 0 Å². The van der Waals surface area contributed by atoms with Crippen molar-refractivity contribution in [3.8, 4) is 5.75 Å². The first-order valence-electron chi connectivity index (χ1n) is 9.64. The molecule has 2 nitrogen and oxygen atoms in total. The van der Waals surface area contributed by atoms with Crippen molar-refractivity contribution in [2.75, 3.05) is 6.61 Å². The molecule has 0 bridgehead atoms. The minimum absolute atomic E-state index is 0.0660. The summed E-state index contributed by atoms with van der Waals surface area (Å²) >= 11 is 0. The second kappa shape index (κ2) is 13.8. The largest absolute Gasteiger partial charge is 0.494 e. The van der Waals surface area contributed by atoms with Gasteiger partial charge in [0.05, 0.1) is 6.61 Å². The monoisotopic (exact) mass is 330 g/mol. The van der Waals surface area contributed by atoms with E-state index in [4.69, 9.17) is 4.74 Å². The summed E-state index contributed by atoms with van der Waals surface area (Å²) < 4.78 is 5.77. The Hall–Kier alpha value is -1.57. The molecule has 0 spiro atoms. The molecule has 0 aliphatic carbocycles. The summed E-state index contributed by atoms with van der Waals surface area (Å²) in [6.07, 6.45) is 16.8. The molecule has 1 aromatic carbocycles. The molecule has 2 heteroatoms. The number of carbonyl (C=O) groups excluding carboxylic acids is 1. The van der Waals surface area contributed by atoms with Crippen LogP contribution in [0.2, 0.25) is 0 Å². The van der Waals surface area contributed by atoms with E-state index in [9.17, 15) is 4.79 Å². The third kappa shape index (κ3) is 11.0. The summed E-state index contributed by atoms with van der Waals surface area (Å²) in [6, 6.07) is 7.90. The van der Waals surface area contributed by atoms with Gasteiger partial charge in [0, 0.05) is 0 Å². The van der Waals surface area contributed by atoms with Crippen molar-refractivity contribution in [3.05, 3.63) is 35.9 Å². The fraction of sp³-hybridized carbons (Fsp3) is 0.591. The van der Waals surface area contributed by atoms with Gasteiger partial charge in [-0.2, -0.15) is 0 Å².